The summed E-state index contributed by atoms with van der Waals surface area (Å²) in [6.45, 7) is 4.41. The van der Waals surface area contributed by atoms with Crippen LogP contribution in [0.1, 0.15) is 25.1 Å². The van der Waals surface area contributed by atoms with E-state index in [2.05, 4.69) is 20.6 Å². The van der Waals surface area contributed by atoms with Gasteiger partial charge >= 0.3 is 0 Å². The van der Waals surface area contributed by atoms with Crippen LogP contribution in [-0.4, -0.2) is 47.5 Å². The third kappa shape index (κ3) is 4.65. The van der Waals surface area contributed by atoms with Crippen LogP contribution in [0.4, 0.5) is 11.6 Å². The summed E-state index contributed by atoms with van der Waals surface area (Å²) in [5, 5.41) is 15.2. The van der Waals surface area contributed by atoms with Gasteiger partial charge in [-0.2, -0.15) is 0 Å². The number of anilines is 2. The second-order valence-electron chi connectivity index (χ2n) is 4.71. The number of ether oxygens (including phenoxy) is 1. The van der Waals surface area contributed by atoms with Gasteiger partial charge in [0.15, 0.2) is 0 Å². The third-order valence-corrected chi connectivity index (χ3v) is 3.01. The summed E-state index contributed by atoms with van der Waals surface area (Å²) in [6, 6.07) is 1.89. The van der Waals surface area contributed by atoms with E-state index >= 15 is 0 Å². The molecule has 0 radical (unpaired) electrons. The van der Waals surface area contributed by atoms with E-state index in [9.17, 15) is 0 Å². The van der Waals surface area contributed by atoms with Crippen LogP contribution in [-0.2, 0) is 4.74 Å². The molecule has 2 rings (SSSR count). The fourth-order valence-electron chi connectivity index (χ4n) is 2.07. The Hall–Kier alpha value is -1.40. The van der Waals surface area contributed by atoms with Gasteiger partial charge in [-0.15, -0.1) is 0 Å². The van der Waals surface area contributed by atoms with E-state index in [1.165, 1.54) is 0 Å². The Morgan fingerprint density at radius 3 is 2.84 bits per heavy atom. The van der Waals surface area contributed by atoms with E-state index < -0.39 is 0 Å². The molecule has 1 aromatic rings. The van der Waals surface area contributed by atoms with Crippen molar-refractivity contribution in [3.05, 3.63) is 11.9 Å². The van der Waals surface area contributed by atoms with Gasteiger partial charge in [0.2, 0.25) is 0 Å². The fraction of sp³-hybridized carbons (Fsp3) is 0.692. The Kier molecular flexibility index (Phi) is 5.35. The quantitative estimate of drug-likeness (QED) is 0.643. The zero-order valence-electron chi connectivity index (χ0n) is 11.4. The molecular weight excluding hydrogens is 244 g/mol. The van der Waals surface area contributed by atoms with E-state index in [-0.39, 0.29) is 6.61 Å². The second kappa shape index (κ2) is 7.25. The minimum absolute atomic E-state index is 0.182. The highest BCUT2D eigenvalue weighted by Gasteiger charge is 2.15. The van der Waals surface area contributed by atoms with Gasteiger partial charge in [-0.25, -0.2) is 9.97 Å². The highest BCUT2D eigenvalue weighted by atomic mass is 16.5. The zero-order valence-corrected chi connectivity index (χ0v) is 11.4. The molecule has 1 fully saturated rings. The summed E-state index contributed by atoms with van der Waals surface area (Å²) < 4.78 is 5.57. The molecule has 0 aromatic carbocycles. The molecule has 0 amide bonds. The van der Waals surface area contributed by atoms with Crippen molar-refractivity contribution >= 4 is 11.6 Å². The molecule has 6 nitrogen and oxygen atoms in total. The Balaban J connectivity index is 1.87. The van der Waals surface area contributed by atoms with Gasteiger partial charge in [-0.1, -0.05) is 0 Å². The summed E-state index contributed by atoms with van der Waals surface area (Å²) in [6.07, 6.45) is 3.25. The van der Waals surface area contributed by atoms with E-state index in [1.807, 2.05) is 13.0 Å². The van der Waals surface area contributed by atoms with Crippen LogP contribution in [0.5, 0.6) is 0 Å². The fourth-order valence-corrected chi connectivity index (χ4v) is 2.07. The third-order valence-electron chi connectivity index (χ3n) is 3.01. The van der Waals surface area contributed by atoms with Crippen molar-refractivity contribution < 1.29 is 9.84 Å². The Labute approximate surface area is 113 Å². The first-order valence-corrected chi connectivity index (χ1v) is 6.84. The van der Waals surface area contributed by atoms with Gasteiger partial charge in [0.1, 0.15) is 17.5 Å². The zero-order chi connectivity index (χ0) is 13.5. The average Bonchev–Trinajstić information content (AvgIpc) is 2.89. The number of aliphatic hydroxyl groups is 1. The smallest absolute Gasteiger partial charge is 0.131 e. The largest absolute Gasteiger partial charge is 0.396 e. The Bertz CT molecular complexity index is 394. The molecule has 1 aromatic heterocycles. The molecule has 1 unspecified atom stereocenters. The molecule has 0 bridgehead atoms. The molecule has 3 N–H and O–H groups in total. The second-order valence-corrected chi connectivity index (χ2v) is 4.71. The van der Waals surface area contributed by atoms with Crippen molar-refractivity contribution in [3.63, 3.8) is 0 Å². The molecule has 2 heterocycles. The maximum absolute atomic E-state index is 8.76. The number of hydrogen-bond donors (Lipinski definition) is 3. The number of hydrogen-bond acceptors (Lipinski definition) is 6. The van der Waals surface area contributed by atoms with Crippen molar-refractivity contribution in [1.82, 2.24) is 9.97 Å². The lowest BCUT2D eigenvalue weighted by molar-refractivity contribution is 0.120. The maximum Gasteiger partial charge on any atom is 0.131 e. The Morgan fingerprint density at radius 1 is 1.37 bits per heavy atom. The number of aryl methyl sites for hydroxylation is 1. The van der Waals surface area contributed by atoms with Gasteiger partial charge in [0.25, 0.3) is 0 Å². The normalized spacial score (nSPS) is 18.5. The number of aliphatic hydroxyl groups excluding tert-OH is 1. The summed E-state index contributed by atoms with van der Waals surface area (Å²) in [5.74, 6) is 2.33. The van der Waals surface area contributed by atoms with Crippen molar-refractivity contribution in [1.29, 1.82) is 0 Å². The van der Waals surface area contributed by atoms with E-state index in [0.717, 1.165) is 43.5 Å². The van der Waals surface area contributed by atoms with Crippen LogP contribution in [0.15, 0.2) is 6.07 Å². The molecular formula is C13H22N4O2. The van der Waals surface area contributed by atoms with Gasteiger partial charge in [-0.05, 0) is 26.2 Å². The van der Waals surface area contributed by atoms with Crippen molar-refractivity contribution in [3.8, 4) is 0 Å². The number of nitrogens with zero attached hydrogens (tertiary/aromatic N) is 2. The lowest BCUT2D eigenvalue weighted by atomic mass is 10.2. The molecule has 0 saturated carbocycles. The van der Waals surface area contributed by atoms with Crippen LogP contribution < -0.4 is 10.6 Å². The average molecular weight is 266 g/mol. The number of nitrogens with one attached hydrogen (secondary N) is 2. The topological polar surface area (TPSA) is 79.3 Å². The molecule has 1 aliphatic rings. The van der Waals surface area contributed by atoms with Crippen molar-refractivity contribution in [2.45, 2.75) is 32.3 Å². The van der Waals surface area contributed by atoms with Crippen molar-refractivity contribution in [2.75, 3.05) is 36.9 Å². The molecule has 1 saturated heterocycles. The van der Waals surface area contributed by atoms with E-state index in [0.29, 0.717) is 19.1 Å². The van der Waals surface area contributed by atoms with E-state index in [4.69, 9.17) is 9.84 Å². The first-order valence-electron chi connectivity index (χ1n) is 6.84. The molecule has 1 aliphatic heterocycles. The number of rotatable bonds is 7. The summed E-state index contributed by atoms with van der Waals surface area (Å²) in [5.41, 5.74) is 0. The van der Waals surface area contributed by atoms with Gasteiger partial charge in [-0.3, -0.25) is 0 Å². The van der Waals surface area contributed by atoms with Crippen LogP contribution >= 0.6 is 0 Å². The van der Waals surface area contributed by atoms with Crippen LogP contribution in [0.3, 0.4) is 0 Å². The molecule has 0 spiro atoms. The Morgan fingerprint density at radius 2 is 2.16 bits per heavy atom. The minimum Gasteiger partial charge on any atom is -0.396 e. The summed E-state index contributed by atoms with van der Waals surface area (Å²) >= 11 is 0. The van der Waals surface area contributed by atoms with Crippen LogP contribution in [0, 0.1) is 6.92 Å². The van der Waals surface area contributed by atoms with E-state index in [1.54, 1.807) is 0 Å². The molecule has 106 valence electrons. The lowest BCUT2D eigenvalue weighted by Crippen LogP contribution is -2.19. The van der Waals surface area contributed by atoms with Gasteiger partial charge in [0.05, 0.1) is 6.10 Å². The number of aromatic nitrogens is 2. The van der Waals surface area contributed by atoms with Crippen LogP contribution in [0.25, 0.3) is 0 Å². The molecule has 19 heavy (non-hydrogen) atoms. The molecule has 6 heteroatoms. The lowest BCUT2D eigenvalue weighted by Gasteiger charge is -2.13. The molecule has 0 aliphatic carbocycles. The van der Waals surface area contributed by atoms with Crippen LogP contribution in [0.2, 0.25) is 0 Å². The first kappa shape index (κ1) is 14.0. The van der Waals surface area contributed by atoms with Gasteiger partial charge < -0.3 is 20.5 Å². The SMILES string of the molecule is Cc1nc(NCCCO)cc(NCC2CCCO2)n1. The first-order chi connectivity index (χ1) is 9.28. The van der Waals surface area contributed by atoms with Crippen molar-refractivity contribution in [2.24, 2.45) is 0 Å². The molecule has 1 atom stereocenters. The maximum atomic E-state index is 8.76. The van der Waals surface area contributed by atoms with Gasteiger partial charge in [0, 0.05) is 32.4 Å². The predicted octanol–water partition coefficient (Wildman–Crippen LogP) is 1.17. The minimum atomic E-state index is 0.182. The predicted molar refractivity (Wildman–Crippen MR) is 74.4 cm³/mol. The summed E-state index contributed by atoms with van der Waals surface area (Å²) in [7, 11) is 0. The summed E-state index contributed by atoms with van der Waals surface area (Å²) in [4.78, 5) is 8.67. The monoisotopic (exact) mass is 266 g/mol. The highest BCUT2D eigenvalue weighted by molar-refractivity contribution is 5.47. The highest BCUT2D eigenvalue weighted by Crippen LogP contribution is 2.15. The standard InChI is InChI=1S/C13H22N4O2/c1-10-16-12(14-5-3-6-18)8-13(17-10)15-9-11-4-2-7-19-11/h8,11,18H,2-7,9H2,1H3,(H2,14,15,16,17).